The molecule has 0 aromatic rings. The van der Waals surface area contributed by atoms with E-state index >= 15 is 0 Å². The largest absolute Gasteiger partial charge is 0.355 e. The lowest BCUT2D eigenvalue weighted by atomic mass is 9.94. The molecule has 4 heteroatoms. The topological polar surface area (TPSA) is 44.4 Å². The molecular weight excluding hydrogens is 238 g/mol. The molecule has 2 N–H and O–H groups in total. The Bertz CT molecular complexity index is 278. The summed E-state index contributed by atoms with van der Waals surface area (Å²) in [4.78, 5) is 14.1. The van der Waals surface area contributed by atoms with Gasteiger partial charge in [-0.05, 0) is 73.0 Å². The van der Waals surface area contributed by atoms with Crippen molar-refractivity contribution in [3.8, 4) is 0 Å². The summed E-state index contributed by atoms with van der Waals surface area (Å²) in [5.41, 5.74) is 0.200. The Morgan fingerprint density at radius 3 is 2.37 bits per heavy atom. The van der Waals surface area contributed by atoms with Crippen molar-refractivity contribution in [2.75, 3.05) is 26.2 Å². The monoisotopic (exact) mass is 269 g/mol. The van der Waals surface area contributed by atoms with Crippen molar-refractivity contribution in [3.05, 3.63) is 0 Å². The molecule has 112 valence electrons. The third kappa shape index (κ3) is 5.91. The number of rotatable bonds is 5. The number of hydrogen-bond donors (Lipinski definition) is 2. The van der Waals surface area contributed by atoms with E-state index in [1.54, 1.807) is 0 Å². The fourth-order valence-corrected chi connectivity index (χ4v) is 2.48. The highest BCUT2D eigenvalue weighted by Gasteiger charge is 2.26. The SMILES string of the molecule is CCNC(=O)C(C)N1CCC(CNC(C)(C)C)CC1. The van der Waals surface area contributed by atoms with Crippen LogP contribution in [0.1, 0.15) is 47.5 Å². The van der Waals surface area contributed by atoms with Gasteiger partial charge in [0.2, 0.25) is 5.91 Å². The second kappa shape index (κ2) is 7.25. The maximum atomic E-state index is 11.8. The predicted molar refractivity (Wildman–Crippen MR) is 80.2 cm³/mol. The molecule has 0 aliphatic carbocycles. The van der Waals surface area contributed by atoms with Crippen molar-refractivity contribution in [2.24, 2.45) is 5.92 Å². The van der Waals surface area contributed by atoms with Crippen LogP contribution in [-0.2, 0) is 4.79 Å². The summed E-state index contributed by atoms with van der Waals surface area (Å²) in [6, 6.07) is 0.0106. The van der Waals surface area contributed by atoms with E-state index in [1.165, 1.54) is 12.8 Å². The standard InChI is InChI=1S/C15H31N3O/c1-6-16-14(19)12(2)18-9-7-13(8-10-18)11-17-15(3,4)5/h12-13,17H,6-11H2,1-5H3,(H,16,19). The minimum absolute atomic E-state index is 0.0106. The lowest BCUT2D eigenvalue weighted by Gasteiger charge is -2.36. The normalized spacial score (nSPS) is 20.3. The van der Waals surface area contributed by atoms with Crippen molar-refractivity contribution in [1.29, 1.82) is 0 Å². The number of likely N-dealkylation sites (N-methyl/N-ethyl adjacent to an activating group) is 1. The summed E-state index contributed by atoms with van der Waals surface area (Å²) in [5.74, 6) is 0.908. The van der Waals surface area contributed by atoms with E-state index in [-0.39, 0.29) is 17.5 Å². The second-order valence-electron chi connectivity index (χ2n) is 6.68. The Kier molecular flexibility index (Phi) is 6.27. The molecule has 1 saturated heterocycles. The number of carbonyl (C=O) groups excluding carboxylic acids is 1. The third-order valence-corrected chi connectivity index (χ3v) is 3.85. The molecule has 1 unspecified atom stereocenters. The molecule has 0 saturated carbocycles. The Hall–Kier alpha value is -0.610. The third-order valence-electron chi connectivity index (χ3n) is 3.85. The van der Waals surface area contributed by atoms with Crippen molar-refractivity contribution in [3.63, 3.8) is 0 Å². The molecule has 1 rings (SSSR count). The molecule has 0 aromatic carbocycles. The molecule has 1 aliphatic heterocycles. The summed E-state index contributed by atoms with van der Waals surface area (Å²) < 4.78 is 0. The van der Waals surface area contributed by atoms with Crippen LogP contribution in [0.25, 0.3) is 0 Å². The summed E-state index contributed by atoms with van der Waals surface area (Å²) >= 11 is 0. The molecule has 0 spiro atoms. The quantitative estimate of drug-likeness (QED) is 0.797. The molecule has 1 atom stereocenters. The highest BCUT2D eigenvalue weighted by Crippen LogP contribution is 2.19. The number of carbonyl (C=O) groups is 1. The Morgan fingerprint density at radius 1 is 1.32 bits per heavy atom. The maximum Gasteiger partial charge on any atom is 0.237 e. The van der Waals surface area contributed by atoms with Crippen molar-refractivity contribution < 1.29 is 4.79 Å². The average molecular weight is 269 g/mol. The van der Waals surface area contributed by atoms with Crippen LogP contribution >= 0.6 is 0 Å². The fraction of sp³-hybridized carbons (Fsp3) is 0.933. The fourth-order valence-electron chi connectivity index (χ4n) is 2.48. The van der Waals surface area contributed by atoms with E-state index in [4.69, 9.17) is 0 Å². The van der Waals surface area contributed by atoms with Gasteiger partial charge in [0.15, 0.2) is 0 Å². The first-order chi connectivity index (χ1) is 8.83. The average Bonchev–Trinajstić information content (AvgIpc) is 2.35. The zero-order chi connectivity index (χ0) is 14.5. The summed E-state index contributed by atoms with van der Waals surface area (Å²) in [6.45, 7) is 14.5. The van der Waals surface area contributed by atoms with Crippen LogP contribution in [0, 0.1) is 5.92 Å². The molecule has 4 nitrogen and oxygen atoms in total. The van der Waals surface area contributed by atoms with Gasteiger partial charge < -0.3 is 10.6 Å². The van der Waals surface area contributed by atoms with E-state index in [0.29, 0.717) is 0 Å². The molecular formula is C15H31N3O. The van der Waals surface area contributed by atoms with Crippen molar-refractivity contribution in [2.45, 2.75) is 59.0 Å². The lowest BCUT2D eigenvalue weighted by Crippen LogP contribution is -2.49. The molecule has 0 bridgehead atoms. The van der Waals surface area contributed by atoms with Gasteiger partial charge >= 0.3 is 0 Å². The second-order valence-corrected chi connectivity index (χ2v) is 6.68. The van der Waals surface area contributed by atoms with Gasteiger partial charge in [0, 0.05) is 12.1 Å². The van der Waals surface area contributed by atoms with E-state index in [1.807, 2.05) is 13.8 Å². The number of hydrogen-bond acceptors (Lipinski definition) is 3. The molecule has 1 amide bonds. The van der Waals surface area contributed by atoms with Gasteiger partial charge in [-0.1, -0.05) is 0 Å². The molecule has 1 aliphatic rings. The van der Waals surface area contributed by atoms with E-state index < -0.39 is 0 Å². The zero-order valence-corrected chi connectivity index (χ0v) is 13.3. The Balaban J connectivity index is 2.30. The van der Waals surface area contributed by atoms with Gasteiger partial charge in [0.05, 0.1) is 6.04 Å². The van der Waals surface area contributed by atoms with Crippen LogP contribution in [-0.4, -0.2) is 48.6 Å². The van der Waals surface area contributed by atoms with Gasteiger partial charge in [0.1, 0.15) is 0 Å². The number of piperidine rings is 1. The minimum Gasteiger partial charge on any atom is -0.355 e. The highest BCUT2D eigenvalue weighted by atomic mass is 16.2. The number of likely N-dealkylation sites (tertiary alicyclic amines) is 1. The van der Waals surface area contributed by atoms with Gasteiger partial charge in [-0.3, -0.25) is 9.69 Å². The predicted octanol–water partition coefficient (Wildman–Crippen LogP) is 1.61. The number of amides is 1. The van der Waals surface area contributed by atoms with E-state index in [9.17, 15) is 4.79 Å². The van der Waals surface area contributed by atoms with Crippen LogP contribution in [0.5, 0.6) is 0 Å². The first kappa shape index (κ1) is 16.4. The van der Waals surface area contributed by atoms with Crippen molar-refractivity contribution in [1.82, 2.24) is 15.5 Å². The first-order valence-electron chi connectivity index (χ1n) is 7.60. The lowest BCUT2D eigenvalue weighted by molar-refractivity contribution is -0.126. The van der Waals surface area contributed by atoms with Gasteiger partial charge in [-0.15, -0.1) is 0 Å². The van der Waals surface area contributed by atoms with Gasteiger partial charge in [-0.25, -0.2) is 0 Å². The Morgan fingerprint density at radius 2 is 1.89 bits per heavy atom. The summed E-state index contributed by atoms with van der Waals surface area (Å²) in [7, 11) is 0. The smallest absolute Gasteiger partial charge is 0.237 e. The highest BCUT2D eigenvalue weighted by molar-refractivity contribution is 5.81. The summed E-state index contributed by atoms with van der Waals surface area (Å²) in [5, 5.41) is 6.49. The molecule has 1 heterocycles. The first-order valence-corrected chi connectivity index (χ1v) is 7.60. The number of nitrogens with one attached hydrogen (secondary N) is 2. The minimum atomic E-state index is 0.0106. The van der Waals surface area contributed by atoms with Crippen LogP contribution in [0.3, 0.4) is 0 Å². The van der Waals surface area contributed by atoms with Crippen LogP contribution in [0.15, 0.2) is 0 Å². The van der Waals surface area contributed by atoms with Crippen LogP contribution in [0.2, 0.25) is 0 Å². The van der Waals surface area contributed by atoms with Crippen molar-refractivity contribution >= 4 is 5.91 Å². The van der Waals surface area contributed by atoms with Crippen LogP contribution in [0.4, 0.5) is 0 Å². The maximum absolute atomic E-state index is 11.8. The summed E-state index contributed by atoms with van der Waals surface area (Å²) in [6.07, 6.45) is 2.37. The van der Waals surface area contributed by atoms with E-state index in [0.717, 1.165) is 32.1 Å². The van der Waals surface area contributed by atoms with Crippen LogP contribution < -0.4 is 10.6 Å². The Labute approximate surface area is 118 Å². The van der Waals surface area contributed by atoms with E-state index in [2.05, 4.69) is 36.3 Å². The van der Waals surface area contributed by atoms with Gasteiger partial charge in [0.25, 0.3) is 0 Å². The molecule has 0 aromatic heterocycles. The molecule has 0 radical (unpaired) electrons. The van der Waals surface area contributed by atoms with Gasteiger partial charge in [-0.2, -0.15) is 0 Å². The molecule has 19 heavy (non-hydrogen) atoms. The number of nitrogens with zero attached hydrogens (tertiary/aromatic N) is 1. The zero-order valence-electron chi connectivity index (χ0n) is 13.3. The molecule has 1 fully saturated rings.